The molecule has 0 N–H and O–H groups in total. The average Bonchev–Trinajstić information content (AvgIpc) is 3.24. The summed E-state index contributed by atoms with van der Waals surface area (Å²) in [6.45, 7) is 5.86. The van der Waals surface area contributed by atoms with E-state index < -0.39 is 0 Å². The molecular formula is C26H27IN4O3. The number of hydrogen-bond acceptors (Lipinski definition) is 5. The van der Waals surface area contributed by atoms with Gasteiger partial charge in [-0.2, -0.15) is 0 Å². The van der Waals surface area contributed by atoms with Gasteiger partial charge in [-0.25, -0.2) is 4.79 Å². The molecule has 8 heteroatoms. The van der Waals surface area contributed by atoms with E-state index in [-0.39, 0.29) is 17.8 Å². The zero-order valence-electron chi connectivity index (χ0n) is 19.3. The number of hydrogen-bond donors (Lipinski definition) is 0. The highest BCUT2D eigenvalue weighted by atomic mass is 127. The number of benzene rings is 2. The van der Waals surface area contributed by atoms with Crippen molar-refractivity contribution in [3.05, 3.63) is 96.1 Å². The maximum Gasteiger partial charge on any atom is 0.332 e. The van der Waals surface area contributed by atoms with E-state index in [2.05, 4.69) is 45.5 Å². The van der Waals surface area contributed by atoms with Gasteiger partial charge in [-0.15, -0.1) is 0 Å². The molecule has 0 unspecified atom stereocenters. The molecule has 2 aromatic carbocycles. The molecule has 176 valence electrons. The van der Waals surface area contributed by atoms with E-state index in [1.807, 2.05) is 55.5 Å². The molecule has 1 aliphatic rings. The highest BCUT2D eigenvalue weighted by molar-refractivity contribution is 14.1. The normalized spacial score (nSPS) is 14.7. The monoisotopic (exact) mass is 570 g/mol. The third-order valence-corrected chi connectivity index (χ3v) is 7.03. The van der Waals surface area contributed by atoms with Gasteiger partial charge in [0.15, 0.2) is 0 Å². The average molecular weight is 570 g/mol. The van der Waals surface area contributed by atoms with Crippen molar-refractivity contribution in [2.45, 2.75) is 20.0 Å². The van der Waals surface area contributed by atoms with Crippen LogP contribution in [0, 0.1) is 10.5 Å². The number of nitrogens with zero attached hydrogens (tertiary/aromatic N) is 4. The first-order valence-electron chi connectivity index (χ1n) is 11.4. The van der Waals surface area contributed by atoms with Crippen molar-refractivity contribution in [3.63, 3.8) is 0 Å². The number of anilines is 1. The second-order valence-electron chi connectivity index (χ2n) is 8.87. The summed E-state index contributed by atoms with van der Waals surface area (Å²) in [6, 6.07) is 17.6. The number of fused-ring (bicyclic) bond motifs is 1. The van der Waals surface area contributed by atoms with Crippen LogP contribution in [-0.2, 0) is 13.1 Å². The summed E-state index contributed by atoms with van der Waals surface area (Å²) in [4.78, 5) is 32.2. The Hall–Kier alpha value is -2.85. The van der Waals surface area contributed by atoms with E-state index in [0.717, 1.165) is 46.8 Å². The third kappa shape index (κ3) is 4.44. The summed E-state index contributed by atoms with van der Waals surface area (Å²) in [7, 11) is 2.11. The van der Waals surface area contributed by atoms with Gasteiger partial charge in [-0.05, 0) is 66.4 Å². The van der Waals surface area contributed by atoms with Crippen molar-refractivity contribution in [1.82, 2.24) is 14.0 Å². The number of aryl methyl sites for hydroxylation is 1. The first kappa shape index (κ1) is 22.9. The maximum absolute atomic E-state index is 13.9. The minimum Gasteiger partial charge on any atom is -0.464 e. The van der Waals surface area contributed by atoms with Crippen LogP contribution in [0.4, 0.5) is 5.69 Å². The lowest BCUT2D eigenvalue weighted by atomic mass is 10.1. The minimum atomic E-state index is -0.332. The number of halogens is 1. The fourth-order valence-corrected chi connectivity index (χ4v) is 5.15. The first-order chi connectivity index (χ1) is 16.4. The van der Waals surface area contributed by atoms with Crippen LogP contribution >= 0.6 is 22.6 Å². The van der Waals surface area contributed by atoms with E-state index in [4.69, 9.17) is 4.42 Å². The number of likely N-dealkylation sites (N-methyl/N-ethyl adjacent to an activating group) is 1. The Balaban J connectivity index is 1.76. The molecule has 0 saturated carbocycles. The summed E-state index contributed by atoms with van der Waals surface area (Å²) in [6.07, 6.45) is 0. The van der Waals surface area contributed by atoms with Crippen molar-refractivity contribution in [2.24, 2.45) is 0 Å². The largest absolute Gasteiger partial charge is 0.464 e. The molecule has 7 nitrogen and oxygen atoms in total. The predicted molar refractivity (Wildman–Crippen MR) is 143 cm³/mol. The lowest BCUT2D eigenvalue weighted by Crippen LogP contribution is -2.46. The van der Waals surface area contributed by atoms with E-state index in [1.165, 1.54) is 4.57 Å². The van der Waals surface area contributed by atoms with Crippen molar-refractivity contribution in [2.75, 3.05) is 38.1 Å². The van der Waals surface area contributed by atoms with E-state index in [0.29, 0.717) is 23.2 Å². The Morgan fingerprint density at radius 1 is 0.912 bits per heavy atom. The van der Waals surface area contributed by atoms with Gasteiger partial charge >= 0.3 is 5.69 Å². The van der Waals surface area contributed by atoms with Crippen LogP contribution in [0.25, 0.3) is 10.9 Å². The van der Waals surface area contributed by atoms with Crippen LogP contribution in [0.5, 0.6) is 0 Å². The zero-order valence-corrected chi connectivity index (χ0v) is 21.5. The molecule has 0 bridgehead atoms. The van der Waals surface area contributed by atoms with Crippen LogP contribution in [-0.4, -0.2) is 47.3 Å². The van der Waals surface area contributed by atoms with Gasteiger partial charge in [0, 0.05) is 29.7 Å². The van der Waals surface area contributed by atoms with Crippen molar-refractivity contribution >= 4 is 39.2 Å². The van der Waals surface area contributed by atoms with Crippen molar-refractivity contribution in [3.8, 4) is 0 Å². The van der Waals surface area contributed by atoms with Gasteiger partial charge in [0.2, 0.25) is 0 Å². The molecule has 1 saturated heterocycles. The maximum atomic E-state index is 13.9. The molecular weight excluding hydrogens is 543 g/mol. The molecule has 3 heterocycles. The van der Waals surface area contributed by atoms with Crippen molar-refractivity contribution < 1.29 is 4.42 Å². The number of piperazine rings is 1. The molecule has 5 rings (SSSR count). The molecule has 1 aliphatic heterocycles. The molecule has 0 atom stereocenters. The number of aromatic nitrogens is 2. The van der Waals surface area contributed by atoms with E-state index >= 15 is 0 Å². The lowest BCUT2D eigenvalue weighted by molar-refractivity contribution is 0.313. The summed E-state index contributed by atoms with van der Waals surface area (Å²) in [5, 5.41) is 0.587. The highest BCUT2D eigenvalue weighted by Gasteiger charge is 2.23. The predicted octanol–water partition coefficient (Wildman–Crippen LogP) is 3.52. The van der Waals surface area contributed by atoms with Gasteiger partial charge in [-0.1, -0.05) is 30.3 Å². The number of furan rings is 1. The minimum absolute atomic E-state index is 0.102. The van der Waals surface area contributed by atoms with Crippen LogP contribution in [0.3, 0.4) is 0 Å². The smallest absolute Gasteiger partial charge is 0.332 e. The Bertz CT molecular complexity index is 1450. The van der Waals surface area contributed by atoms with Crippen LogP contribution in [0.1, 0.15) is 17.1 Å². The molecule has 4 aromatic rings. The summed E-state index contributed by atoms with van der Waals surface area (Å²) >= 11 is 2.28. The Morgan fingerprint density at radius 2 is 1.65 bits per heavy atom. The fraction of sp³-hybridized carbons (Fsp3) is 0.308. The molecule has 0 aliphatic carbocycles. The fourth-order valence-electron chi connectivity index (χ4n) is 4.56. The second kappa shape index (κ2) is 9.42. The zero-order chi connectivity index (χ0) is 23.8. The standard InChI is InChI=1S/C26H27IN4O3/c1-18-8-9-21(34-18)17-31-25(32)24-22(29-12-10-28(2)11-13-29)14-20(27)15-23(24)30(26(31)33)16-19-6-4-3-5-7-19/h3-9,14-15H,10-13,16-17H2,1-2H3. The first-order valence-corrected chi connectivity index (χ1v) is 12.5. The van der Waals surface area contributed by atoms with Gasteiger partial charge in [0.1, 0.15) is 11.5 Å². The molecule has 0 amide bonds. The molecule has 34 heavy (non-hydrogen) atoms. The van der Waals surface area contributed by atoms with Crippen molar-refractivity contribution in [1.29, 1.82) is 0 Å². The van der Waals surface area contributed by atoms with Crippen LogP contribution < -0.4 is 16.1 Å². The third-order valence-electron chi connectivity index (χ3n) is 6.41. The van der Waals surface area contributed by atoms with E-state index in [9.17, 15) is 9.59 Å². The topological polar surface area (TPSA) is 63.6 Å². The van der Waals surface area contributed by atoms with Gasteiger partial charge in [-0.3, -0.25) is 13.9 Å². The summed E-state index contributed by atoms with van der Waals surface area (Å²) in [5.74, 6) is 1.34. The molecule has 2 aromatic heterocycles. The SMILES string of the molecule is Cc1ccc(Cn2c(=O)c3c(N4CCN(C)CC4)cc(I)cc3n(Cc3ccccc3)c2=O)o1. The molecule has 1 fully saturated rings. The summed E-state index contributed by atoms with van der Waals surface area (Å²) in [5.41, 5.74) is 1.97. The molecule has 0 spiro atoms. The van der Waals surface area contributed by atoms with E-state index in [1.54, 1.807) is 4.57 Å². The Kier molecular flexibility index (Phi) is 6.35. The molecule has 0 radical (unpaired) electrons. The highest BCUT2D eigenvalue weighted by Crippen LogP contribution is 2.28. The second-order valence-corrected chi connectivity index (χ2v) is 10.1. The quantitative estimate of drug-likeness (QED) is 0.344. The van der Waals surface area contributed by atoms with Gasteiger partial charge in [0.25, 0.3) is 5.56 Å². The Labute approximate surface area is 211 Å². The van der Waals surface area contributed by atoms with Crippen LogP contribution in [0.2, 0.25) is 0 Å². The Morgan fingerprint density at radius 3 is 2.32 bits per heavy atom. The van der Waals surface area contributed by atoms with Gasteiger partial charge in [0.05, 0.1) is 29.7 Å². The van der Waals surface area contributed by atoms with Gasteiger partial charge < -0.3 is 14.2 Å². The lowest BCUT2D eigenvalue weighted by Gasteiger charge is -2.34. The summed E-state index contributed by atoms with van der Waals surface area (Å²) < 4.78 is 9.76. The van der Waals surface area contributed by atoms with Crippen LogP contribution in [0.15, 0.2) is 68.6 Å². The number of rotatable bonds is 5.